The monoisotopic (exact) mass is 372 g/mol. The van der Waals surface area contributed by atoms with E-state index in [-0.39, 0.29) is 5.97 Å². The Balaban J connectivity index is 2.34. The number of hydrogen-bond acceptors (Lipinski definition) is 2. The van der Waals surface area contributed by atoms with Crippen LogP contribution in [0.15, 0.2) is 53.0 Å². The molecular weight excluding hydrogens is 352 g/mol. The fourth-order valence-corrected chi connectivity index (χ4v) is 2.66. The minimum atomic E-state index is -0.307. The van der Waals surface area contributed by atoms with Crippen molar-refractivity contribution in [2.75, 3.05) is 7.11 Å². The SMILES string of the molecule is COC(=O)c1ccc(/C(=C\c2ccc(Br)cc2)CC(C)C)cc1. The molecule has 0 radical (unpaired) electrons. The molecule has 23 heavy (non-hydrogen) atoms. The largest absolute Gasteiger partial charge is 0.465 e. The van der Waals surface area contributed by atoms with Crippen molar-refractivity contribution in [3.05, 3.63) is 69.7 Å². The van der Waals surface area contributed by atoms with Crippen molar-refractivity contribution >= 4 is 33.5 Å². The van der Waals surface area contributed by atoms with Crippen molar-refractivity contribution in [3.63, 3.8) is 0 Å². The smallest absolute Gasteiger partial charge is 0.337 e. The van der Waals surface area contributed by atoms with E-state index in [0.29, 0.717) is 11.5 Å². The molecule has 2 nitrogen and oxygen atoms in total. The Morgan fingerprint density at radius 1 is 1.04 bits per heavy atom. The van der Waals surface area contributed by atoms with Gasteiger partial charge in [0.2, 0.25) is 0 Å². The zero-order chi connectivity index (χ0) is 16.8. The molecule has 0 amide bonds. The van der Waals surface area contributed by atoms with Gasteiger partial charge in [0, 0.05) is 4.47 Å². The molecular formula is C20H21BrO2. The number of hydrogen-bond donors (Lipinski definition) is 0. The van der Waals surface area contributed by atoms with E-state index in [9.17, 15) is 4.79 Å². The lowest BCUT2D eigenvalue weighted by atomic mass is 9.94. The van der Waals surface area contributed by atoms with Gasteiger partial charge < -0.3 is 4.74 Å². The molecule has 0 fully saturated rings. The molecule has 0 N–H and O–H groups in total. The second-order valence-electron chi connectivity index (χ2n) is 5.89. The molecule has 120 valence electrons. The number of carbonyl (C=O) groups excluding carboxylic acids is 1. The molecule has 0 spiro atoms. The summed E-state index contributed by atoms with van der Waals surface area (Å²) in [6.45, 7) is 4.41. The van der Waals surface area contributed by atoms with Crippen molar-refractivity contribution in [2.45, 2.75) is 20.3 Å². The highest BCUT2D eigenvalue weighted by Gasteiger charge is 2.08. The third-order valence-electron chi connectivity index (χ3n) is 3.52. The number of allylic oxidation sites excluding steroid dienone is 1. The first-order valence-electron chi connectivity index (χ1n) is 7.64. The third kappa shape index (κ3) is 5.07. The van der Waals surface area contributed by atoms with E-state index in [1.807, 2.05) is 36.4 Å². The van der Waals surface area contributed by atoms with Crippen molar-refractivity contribution in [3.8, 4) is 0 Å². The van der Waals surface area contributed by atoms with Crippen LogP contribution in [0.25, 0.3) is 11.6 Å². The van der Waals surface area contributed by atoms with Gasteiger partial charge in [-0.05, 0) is 53.3 Å². The summed E-state index contributed by atoms with van der Waals surface area (Å²) in [5, 5.41) is 0. The number of esters is 1. The van der Waals surface area contributed by atoms with Crippen LogP contribution in [0.2, 0.25) is 0 Å². The lowest BCUT2D eigenvalue weighted by Gasteiger charge is -2.12. The summed E-state index contributed by atoms with van der Waals surface area (Å²) >= 11 is 3.46. The summed E-state index contributed by atoms with van der Waals surface area (Å²) in [6, 6.07) is 15.9. The summed E-state index contributed by atoms with van der Waals surface area (Å²) in [4.78, 5) is 11.6. The lowest BCUT2D eigenvalue weighted by molar-refractivity contribution is 0.0600. The zero-order valence-corrected chi connectivity index (χ0v) is 15.3. The van der Waals surface area contributed by atoms with Crippen LogP contribution in [0.3, 0.4) is 0 Å². The average molecular weight is 373 g/mol. The fraction of sp³-hybridized carbons (Fsp3) is 0.250. The van der Waals surface area contributed by atoms with E-state index in [0.717, 1.165) is 16.5 Å². The number of carbonyl (C=O) groups is 1. The molecule has 3 heteroatoms. The van der Waals surface area contributed by atoms with Gasteiger partial charge in [0.05, 0.1) is 12.7 Å². The number of methoxy groups -OCH3 is 1. The second-order valence-corrected chi connectivity index (χ2v) is 6.80. The Bertz CT molecular complexity index is 683. The van der Waals surface area contributed by atoms with Crippen LogP contribution in [0.5, 0.6) is 0 Å². The van der Waals surface area contributed by atoms with Crippen LogP contribution in [-0.2, 0) is 4.74 Å². The maximum atomic E-state index is 11.6. The second kappa shape index (κ2) is 8.11. The molecule has 0 aromatic heterocycles. The highest BCUT2D eigenvalue weighted by molar-refractivity contribution is 9.10. The van der Waals surface area contributed by atoms with Gasteiger partial charge in [-0.1, -0.05) is 60.1 Å². The minimum Gasteiger partial charge on any atom is -0.465 e. The van der Waals surface area contributed by atoms with Crippen LogP contribution >= 0.6 is 15.9 Å². The number of benzene rings is 2. The molecule has 0 aliphatic rings. The Morgan fingerprint density at radius 2 is 1.61 bits per heavy atom. The molecule has 2 rings (SSSR count). The van der Waals surface area contributed by atoms with Crippen LogP contribution in [-0.4, -0.2) is 13.1 Å². The molecule has 0 bridgehead atoms. The average Bonchev–Trinajstić information content (AvgIpc) is 2.55. The van der Waals surface area contributed by atoms with Crippen molar-refractivity contribution in [1.29, 1.82) is 0 Å². The predicted octanol–water partition coefficient (Wildman–Crippen LogP) is 5.82. The van der Waals surface area contributed by atoms with Crippen molar-refractivity contribution in [2.24, 2.45) is 5.92 Å². The summed E-state index contributed by atoms with van der Waals surface area (Å²) in [7, 11) is 1.40. The Labute approximate surface area is 146 Å². The minimum absolute atomic E-state index is 0.307. The van der Waals surface area contributed by atoms with Crippen molar-refractivity contribution < 1.29 is 9.53 Å². The van der Waals surface area contributed by atoms with Gasteiger partial charge >= 0.3 is 5.97 Å². The van der Waals surface area contributed by atoms with Crippen LogP contribution in [0.4, 0.5) is 0 Å². The molecule has 0 aliphatic heterocycles. The normalized spacial score (nSPS) is 11.6. The lowest BCUT2D eigenvalue weighted by Crippen LogP contribution is -2.01. The molecule has 0 saturated heterocycles. The van der Waals surface area contributed by atoms with Crippen LogP contribution < -0.4 is 0 Å². The highest BCUT2D eigenvalue weighted by atomic mass is 79.9. The number of halogens is 1. The molecule has 0 heterocycles. The van der Waals surface area contributed by atoms with Gasteiger partial charge in [0.1, 0.15) is 0 Å². The zero-order valence-electron chi connectivity index (χ0n) is 13.7. The molecule has 0 aliphatic carbocycles. The van der Waals surface area contributed by atoms with Gasteiger partial charge in [-0.3, -0.25) is 0 Å². The van der Waals surface area contributed by atoms with Crippen LogP contribution in [0, 0.1) is 5.92 Å². The number of rotatable bonds is 5. The van der Waals surface area contributed by atoms with E-state index in [1.165, 1.54) is 18.2 Å². The fourth-order valence-electron chi connectivity index (χ4n) is 2.40. The van der Waals surface area contributed by atoms with Gasteiger partial charge in [-0.15, -0.1) is 0 Å². The van der Waals surface area contributed by atoms with Gasteiger partial charge in [-0.25, -0.2) is 4.79 Å². The van der Waals surface area contributed by atoms with Crippen LogP contribution in [0.1, 0.15) is 41.8 Å². The number of ether oxygens (including phenoxy) is 1. The summed E-state index contributed by atoms with van der Waals surface area (Å²) in [6.07, 6.45) is 3.19. The summed E-state index contributed by atoms with van der Waals surface area (Å²) < 4.78 is 5.82. The maximum Gasteiger partial charge on any atom is 0.337 e. The van der Waals surface area contributed by atoms with E-state index in [4.69, 9.17) is 4.74 Å². The summed E-state index contributed by atoms with van der Waals surface area (Å²) in [5.74, 6) is 0.246. The molecule has 2 aromatic carbocycles. The third-order valence-corrected chi connectivity index (χ3v) is 4.04. The van der Waals surface area contributed by atoms with Gasteiger partial charge in [0.25, 0.3) is 0 Å². The maximum absolute atomic E-state index is 11.6. The Kier molecular flexibility index (Phi) is 6.17. The Hall–Kier alpha value is -1.87. The van der Waals surface area contributed by atoms with Gasteiger partial charge in [0.15, 0.2) is 0 Å². The quantitative estimate of drug-likeness (QED) is 0.487. The van der Waals surface area contributed by atoms with E-state index < -0.39 is 0 Å². The van der Waals surface area contributed by atoms with E-state index >= 15 is 0 Å². The molecule has 0 saturated carbocycles. The van der Waals surface area contributed by atoms with E-state index in [1.54, 1.807) is 0 Å². The standard InChI is InChI=1S/C20H21BrO2/c1-14(2)12-18(13-15-4-10-19(21)11-5-15)16-6-8-17(9-7-16)20(22)23-3/h4-11,13-14H,12H2,1-3H3/b18-13-. The van der Waals surface area contributed by atoms with E-state index in [2.05, 4.69) is 48.0 Å². The van der Waals surface area contributed by atoms with Crippen molar-refractivity contribution in [1.82, 2.24) is 0 Å². The highest BCUT2D eigenvalue weighted by Crippen LogP contribution is 2.26. The molecule has 2 aromatic rings. The predicted molar refractivity (Wildman–Crippen MR) is 99.2 cm³/mol. The topological polar surface area (TPSA) is 26.3 Å². The summed E-state index contributed by atoms with van der Waals surface area (Å²) in [5.41, 5.74) is 4.14. The molecule has 0 unspecified atom stereocenters. The first-order valence-corrected chi connectivity index (χ1v) is 8.44. The first-order chi connectivity index (χ1) is 11.0. The first kappa shape index (κ1) is 17.5. The Morgan fingerprint density at radius 3 is 2.13 bits per heavy atom. The molecule has 0 atom stereocenters. The van der Waals surface area contributed by atoms with Gasteiger partial charge in [-0.2, -0.15) is 0 Å².